The molecule has 1 saturated carbocycles. The molecule has 1 aromatic rings. The largest absolute Gasteiger partial charge is 0.486 e. The molecule has 7 heteroatoms. The predicted octanol–water partition coefficient (Wildman–Crippen LogP) is 2.31. The minimum absolute atomic E-state index is 0.0413. The Kier molecular flexibility index (Phi) is 3.64. The number of benzene rings is 1. The van der Waals surface area contributed by atoms with Crippen LogP contribution in [0.3, 0.4) is 0 Å². The molecule has 27 heavy (non-hydrogen) atoms. The summed E-state index contributed by atoms with van der Waals surface area (Å²) in [6.45, 7) is 2.57. The number of hydrogen-bond donors (Lipinski definition) is 0. The van der Waals surface area contributed by atoms with Crippen LogP contribution in [0, 0.1) is 5.41 Å². The maximum Gasteiger partial charge on any atom is 0.260 e. The van der Waals surface area contributed by atoms with Crippen molar-refractivity contribution < 1.29 is 23.5 Å². The SMILES string of the molecule is O=C1CC2(CCN(C(=O)C3(F)CCC3)C2)CN1c1ccc2c(c1)OCCO2. The van der Waals surface area contributed by atoms with Crippen molar-refractivity contribution in [2.24, 2.45) is 5.41 Å². The van der Waals surface area contributed by atoms with Crippen LogP contribution in [0.25, 0.3) is 0 Å². The molecule has 2 saturated heterocycles. The van der Waals surface area contributed by atoms with E-state index >= 15 is 0 Å². The summed E-state index contributed by atoms with van der Waals surface area (Å²) in [7, 11) is 0. The summed E-state index contributed by atoms with van der Waals surface area (Å²) in [5.41, 5.74) is -1.16. The fourth-order valence-corrected chi connectivity index (χ4v) is 4.70. The third kappa shape index (κ3) is 2.66. The molecule has 1 atom stereocenters. The second-order valence-corrected chi connectivity index (χ2v) is 8.28. The van der Waals surface area contributed by atoms with Gasteiger partial charge in [-0.25, -0.2) is 4.39 Å². The number of nitrogens with zero attached hydrogens (tertiary/aromatic N) is 2. The Morgan fingerprint density at radius 3 is 2.59 bits per heavy atom. The van der Waals surface area contributed by atoms with E-state index in [1.807, 2.05) is 18.2 Å². The van der Waals surface area contributed by atoms with Crippen molar-refractivity contribution in [2.45, 2.75) is 37.8 Å². The van der Waals surface area contributed by atoms with E-state index in [0.717, 1.165) is 18.5 Å². The molecule has 3 aliphatic heterocycles. The van der Waals surface area contributed by atoms with Gasteiger partial charge in [-0.2, -0.15) is 0 Å². The van der Waals surface area contributed by atoms with Gasteiger partial charge in [-0.1, -0.05) is 0 Å². The van der Waals surface area contributed by atoms with E-state index in [9.17, 15) is 14.0 Å². The van der Waals surface area contributed by atoms with Crippen molar-refractivity contribution in [3.63, 3.8) is 0 Å². The zero-order valence-corrected chi connectivity index (χ0v) is 15.2. The van der Waals surface area contributed by atoms with Crippen LogP contribution < -0.4 is 14.4 Å². The normalized spacial score (nSPS) is 28.6. The molecule has 0 bridgehead atoms. The second-order valence-electron chi connectivity index (χ2n) is 8.28. The lowest BCUT2D eigenvalue weighted by atomic mass is 9.81. The number of hydrogen-bond acceptors (Lipinski definition) is 4. The average Bonchev–Trinajstić information content (AvgIpc) is 3.21. The first-order valence-electron chi connectivity index (χ1n) is 9.67. The predicted molar refractivity (Wildman–Crippen MR) is 95.7 cm³/mol. The third-order valence-electron chi connectivity index (χ3n) is 6.41. The number of alkyl halides is 1. The lowest BCUT2D eigenvalue weighted by molar-refractivity contribution is -0.149. The molecule has 3 fully saturated rings. The molecule has 0 aromatic heterocycles. The second kappa shape index (κ2) is 5.84. The van der Waals surface area contributed by atoms with E-state index < -0.39 is 5.67 Å². The van der Waals surface area contributed by atoms with Gasteiger partial charge in [0.2, 0.25) is 5.91 Å². The lowest BCUT2D eigenvalue weighted by Gasteiger charge is -2.36. The summed E-state index contributed by atoms with van der Waals surface area (Å²) < 4.78 is 25.7. The number of likely N-dealkylation sites (tertiary alicyclic amines) is 1. The van der Waals surface area contributed by atoms with E-state index in [1.54, 1.807) is 9.80 Å². The van der Waals surface area contributed by atoms with Crippen LogP contribution in [-0.2, 0) is 9.59 Å². The Labute approximate surface area is 157 Å². The van der Waals surface area contributed by atoms with Gasteiger partial charge < -0.3 is 19.3 Å². The standard InChI is InChI=1S/C20H23FN2O4/c21-20(4-1-5-20)18(25)22-7-6-19(12-22)11-17(24)23(13-19)14-2-3-15-16(10-14)27-9-8-26-15/h2-3,10H,1,4-9,11-13H2. The average molecular weight is 374 g/mol. The van der Waals surface area contributed by atoms with E-state index in [4.69, 9.17) is 9.47 Å². The van der Waals surface area contributed by atoms with Crippen LogP contribution in [0.15, 0.2) is 18.2 Å². The molecular weight excluding hydrogens is 351 g/mol. The molecule has 1 aromatic carbocycles. The number of anilines is 1. The smallest absolute Gasteiger partial charge is 0.260 e. The van der Waals surface area contributed by atoms with E-state index in [2.05, 4.69) is 0 Å². The van der Waals surface area contributed by atoms with Crippen molar-refractivity contribution in [3.05, 3.63) is 18.2 Å². The van der Waals surface area contributed by atoms with Gasteiger partial charge in [0, 0.05) is 43.2 Å². The first-order chi connectivity index (χ1) is 13.0. The Balaban J connectivity index is 1.33. The van der Waals surface area contributed by atoms with Gasteiger partial charge in [0.25, 0.3) is 5.91 Å². The molecule has 0 N–H and O–H groups in total. The summed E-state index contributed by atoms with van der Waals surface area (Å²) in [6.07, 6.45) is 2.57. The van der Waals surface area contributed by atoms with Gasteiger partial charge in [0.05, 0.1) is 0 Å². The maximum absolute atomic E-state index is 14.5. The molecule has 144 valence electrons. The molecule has 1 spiro atoms. The van der Waals surface area contributed by atoms with Crippen LogP contribution >= 0.6 is 0 Å². The van der Waals surface area contributed by atoms with Crippen molar-refractivity contribution in [1.29, 1.82) is 0 Å². The molecule has 1 unspecified atom stereocenters. The molecular formula is C20H23FN2O4. The number of fused-ring (bicyclic) bond motifs is 1. The molecule has 0 radical (unpaired) electrons. The number of ether oxygens (including phenoxy) is 2. The van der Waals surface area contributed by atoms with Gasteiger partial charge in [0.15, 0.2) is 17.2 Å². The van der Waals surface area contributed by atoms with Crippen molar-refractivity contribution in [2.75, 3.05) is 37.7 Å². The summed E-state index contributed by atoms with van der Waals surface area (Å²) in [5, 5.41) is 0. The summed E-state index contributed by atoms with van der Waals surface area (Å²) >= 11 is 0. The summed E-state index contributed by atoms with van der Waals surface area (Å²) in [4.78, 5) is 28.6. The topological polar surface area (TPSA) is 59.1 Å². The number of amides is 2. The fourth-order valence-electron chi connectivity index (χ4n) is 4.70. The van der Waals surface area contributed by atoms with Gasteiger partial charge in [-0.3, -0.25) is 9.59 Å². The summed E-state index contributed by atoms with van der Waals surface area (Å²) in [6, 6.07) is 5.54. The van der Waals surface area contributed by atoms with Gasteiger partial charge >= 0.3 is 0 Å². The lowest BCUT2D eigenvalue weighted by Crippen LogP contribution is -2.50. The molecule has 2 amide bonds. The molecule has 4 aliphatic rings. The first kappa shape index (κ1) is 16.8. The molecule has 6 nitrogen and oxygen atoms in total. The van der Waals surface area contributed by atoms with E-state index in [1.165, 1.54) is 0 Å². The van der Waals surface area contributed by atoms with Crippen LogP contribution in [0.1, 0.15) is 32.1 Å². The van der Waals surface area contributed by atoms with Crippen LogP contribution in [0.5, 0.6) is 11.5 Å². The van der Waals surface area contributed by atoms with Gasteiger partial charge in [-0.15, -0.1) is 0 Å². The molecule has 5 rings (SSSR count). The minimum atomic E-state index is -1.66. The Morgan fingerprint density at radius 2 is 1.85 bits per heavy atom. The van der Waals surface area contributed by atoms with Crippen LogP contribution in [0.4, 0.5) is 10.1 Å². The minimum Gasteiger partial charge on any atom is -0.486 e. The Morgan fingerprint density at radius 1 is 1.07 bits per heavy atom. The van der Waals surface area contributed by atoms with E-state index in [-0.39, 0.29) is 17.2 Å². The molecule has 1 aliphatic carbocycles. The summed E-state index contributed by atoms with van der Waals surface area (Å²) in [5.74, 6) is 1.01. The highest BCUT2D eigenvalue weighted by atomic mass is 19.1. The highest BCUT2D eigenvalue weighted by Gasteiger charge is 2.53. The zero-order chi connectivity index (χ0) is 18.6. The third-order valence-corrected chi connectivity index (χ3v) is 6.41. The highest BCUT2D eigenvalue weighted by Crippen LogP contribution is 2.45. The number of carbonyl (C=O) groups excluding carboxylic acids is 2. The fraction of sp³-hybridized carbons (Fsp3) is 0.600. The molecule has 3 heterocycles. The van der Waals surface area contributed by atoms with Crippen LogP contribution in [0.2, 0.25) is 0 Å². The maximum atomic E-state index is 14.5. The quantitative estimate of drug-likeness (QED) is 0.797. The zero-order valence-electron chi connectivity index (χ0n) is 15.2. The number of carbonyl (C=O) groups is 2. The Bertz CT molecular complexity index is 809. The number of rotatable bonds is 2. The first-order valence-corrected chi connectivity index (χ1v) is 9.67. The van der Waals surface area contributed by atoms with Crippen molar-refractivity contribution in [1.82, 2.24) is 4.90 Å². The van der Waals surface area contributed by atoms with Gasteiger partial charge in [-0.05, 0) is 37.8 Å². The van der Waals surface area contributed by atoms with Crippen LogP contribution in [-0.4, -0.2) is 55.2 Å². The Hall–Kier alpha value is -2.31. The van der Waals surface area contributed by atoms with Crippen molar-refractivity contribution in [3.8, 4) is 11.5 Å². The van der Waals surface area contributed by atoms with Gasteiger partial charge in [0.1, 0.15) is 13.2 Å². The monoisotopic (exact) mass is 374 g/mol. The van der Waals surface area contributed by atoms with Crippen molar-refractivity contribution >= 4 is 17.5 Å². The number of halogens is 1. The van der Waals surface area contributed by atoms with E-state index in [0.29, 0.717) is 63.6 Å². The highest BCUT2D eigenvalue weighted by molar-refractivity contribution is 5.97.